The van der Waals surface area contributed by atoms with Gasteiger partial charge in [-0.1, -0.05) is 6.92 Å². The maximum absolute atomic E-state index is 12.0. The Hall–Kier alpha value is -1.53. The summed E-state index contributed by atoms with van der Waals surface area (Å²) in [5, 5.41) is 15.5. The lowest BCUT2D eigenvalue weighted by molar-refractivity contribution is -0.152. The third-order valence-corrected chi connectivity index (χ3v) is 4.44. The molecule has 1 aliphatic rings. The second-order valence-electron chi connectivity index (χ2n) is 5.75. The molecule has 146 valence electrons. The summed E-state index contributed by atoms with van der Waals surface area (Å²) in [6.07, 6.45) is -0.694. The lowest BCUT2D eigenvalue weighted by atomic mass is 10.2. The van der Waals surface area contributed by atoms with Gasteiger partial charge in [-0.2, -0.15) is 0 Å². The van der Waals surface area contributed by atoms with E-state index in [4.69, 9.17) is 9.47 Å². The van der Waals surface area contributed by atoms with E-state index in [0.29, 0.717) is 6.54 Å². The van der Waals surface area contributed by atoms with Crippen molar-refractivity contribution in [1.82, 2.24) is 20.2 Å². The van der Waals surface area contributed by atoms with Gasteiger partial charge in [-0.3, -0.25) is 19.1 Å². The Morgan fingerprint density at radius 1 is 1.46 bits per heavy atom. The van der Waals surface area contributed by atoms with Crippen LogP contribution in [0.25, 0.3) is 0 Å². The molecule has 0 amide bonds. The van der Waals surface area contributed by atoms with Gasteiger partial charge in [-0.15, -0.1) is 0 Å². The summed E-state index contributed by atoms with van der Waals surface area (Å²) in [6.45, 7) is 3.88. The molecule has 0 aromatic carbocycles. The van der Waals surface area contributed by atoms with Crippen molar-refractivity contribution in [3.05, 3.63) is 31.5 Å². The van der Waals surface area contributed by atoms with Gasteiger partial charge in [0.1, 0.15) is 18.4 Å². The number of carbonyl (C=O) groups excluding carboxylic acids is 1. The summed E-state index contributed by atoms with van der Waals surface area (Å²) in [6, 6.07) is 0. The summed E-state index contributed by atoms with van der Waals surface area (Å²) in [5.74, 6) is -0.468. The number of likely N-dealkylation sites (N-methyl/N-ethyl adjacent to an activating group) is 1. The van der Waals surface area contributed by atoms with Crippen LogP contribution in [0.2, 0.25) is 0 Å². The molecule has 1 aromatic rings. The SMILES string of the molecule is CCNCCNCC(=O)O[C@H]1C[C@H](n2cc(Br)c(=O)[nH]c2=O)O[C@@H]1CO. The third kappa shape index (κ3) is 5.48. The number of aromatic amines is 1. The van der Waals surface area contributed by atoms with E-state index in [0.717, 1.165) is 13.1 Å². The molecule has 1 fully saturated rings. The Bertz CT molecular complexity index is 721. The molecule has 2 rings (SSSR count). The molecule has 11 heteroatoms. The van der Waals surface area contributed by atoms with Crippen LogP contribution in [-0.2, 0) is 14.3 Å². The minimum absolute atomic E-state index is 0.0366. The van der Waals surface area contributed by atoms with Gasteiger partial charge in [0.05, 0.1) is 17.6 Å². The van der Waals surface area contributed by atoms with Crippen molar-refractivity contribution in [2.45, 2.75) is 31.8 Å². The first kappa shape index (κ1) is 20.8. The van der Waals surface area contributed by atoms with Crippen LogP contribution in [0.4, 0.5) is 0 Å². The molecule has 3 atom stereocenters. The molecule has 0 radical (unpaired) electrons. The maximum atomic E-state index is 12.0. The first-order chi connectivity index (χ1) is 12.5. The second-order valence-corrected chi connectivity index (χ2v) is 6.60. The molecule has 0 spiro atoms. The van der Waals surface area contributed by atoms with E-state index in [2.05, 4.69) is 31.5 Å². The van der Waals surface area contributed by atoms with Crippen molar-refractivity contribution in [3.8, 4) is 0 Å². The average Bonchev–Trinajstić information content (AvgIpc) is 3.00. The van der Waals surface area contributed by atoms with Gasteiger partial charge in [0, 0.05) is 25.7 Å². The number of H-pyrrole nitrogens is 1. The fourth-order valence-electron chi connectivity index (χ4n) is 2.59. The summed E-state index contributed by atoms with van der Waals surface area (Å²) in [7, 11) is 0. The number of halogens is 1. The first-order valence-corrected chi connectivity index (χ1v) is 9.13. The summed E-state index contributed by atoms with van der Waals surface area (Å²) < 4.78 is 12.3. The number of rotatable bonds is 9. The van der Waals surface area contributed by atoms with Gasteiger partial charge in [0.15, 0.2) is 0 Å². The Labute approximate surface area is 158 Å². The van der Waals surface area contributed by atoms with Gasteiger partial charge >= 0.3 is 11.7 Å². The number of ether oxygens (including phenoxy) is 2. The van der Waals surface area contributed by atoms with Crippen LogP contribution in [0.5, 0.6) is 0 Å². The number of hydrogen-bond donors (Lipinski definition) is 4. The monoisotopic (exact) mass is 434 g/mol. The number of hydrogen-bond acceptors (Lipinski definition) is 8. The van der Waals surface area contributed by atoms with E-state index in [9.17, 15) is 19.5 Å². The Balaban J connectivity index is 1.94. The molecule has 1 saturated heterocycles. The van der Waals surface area contributed by atoms with Crippen molar-refractivity contribution in [3.63, 3.8) is 0 Å². The first-order valence-electron chi connectivity index (χ1n) is 8.34. The molecule has 0 unspecified atom stereocenters. The molecule has 0 bridgehead atoms. The fraction of sp³-hybridized carbons (Fsp3) is 0.667. The molecule has 1 aliphatic heterocycles. The number of nitrogens with zero attached hydrogens (tertiary/aromatic N) is 1. The molecule has 2 heterocycles. The van der Waals surface area contributed by atoms with Crippen molar-refractivity contribution >= 4 is 21.9 Å². The molecule has 0 saturated carbocycles. The Morgan fingerprint density at radius 3 is 2.88 bits per heavy atom. The molecule has 0 aliphatic carbocycles. The standard InChI is InChI=1S/C15H23BrN4O6/c1-2-17-3-4-18-6-13(22)26-10-5-12(25-11(10)8-21)20-7-9(16)14(23)19-15(20)24/h7,10-12,17-18,21H,2-6,8H2,1H3,(H,19,23,24)/t10-,11+,12+/m0/s1. The highest BCUT2D eigenvalue weighted by Crippen LogP contribution is 2.29. The number of aromatic nitrogens is 2. The maximum Gasteiger partial charge on any atom is 0.330 e. The number of esters is 1. The Kier molecular flexibility index (Phi) is 7.97. The van der Waals surface area contributed by atoms with Crippen molar-refractivity contribution in [2.24, 2.45) is 0 Å². The highest BCUT2D eigenvalue weighted by atomic mass is 79.9. The zero-order chi connectivity index (χ0) is 19.1. The zero-order valence-electron chi connectivity index (χ0n) is 14.4. The van der Waals surface area contributed by atoms with E-state index in [1.165, 1.54) is 10.8 Å². The molecule has 10 nitrogen and oxygen atoms in total. The highest BCUT2D eigenvalue weighted by Gasteiger charge is 2.39. The van der Waals surface area contributed by atoms with Gasteiger partial charge in [-0.25, -0.2) is 4.79 Å². The minimum Gasteiger partial charge on any atom is -0.458 e. The van der Waals surface area contributed by atoms with Crippen LogP contribution in [0.1, 0.15) is 19.6 Å². The lowest BCUT2D eigenvalue weighted by Gasteiger charge is -2.16. The predicted octanol–water partition coefficient (Wildman–Crippen LogP) is -1.31. The van der Waals surface area contributed by atoms with Crippen LogP contribution in [0.15, 0.2) is 20.3 Å². The Morgan fingerprint density at radius 2 is 2.19 bits per heavy atom. The van der Waals surface area contributed by atoms with E-state index >= 15 is 0 Å². The van der Waals surface area contributed by atoms with Crippen LogP contribution in [0, 0.1) is 0 Å². The summed E-state index contributed by atoms with van der Waals surface area (Å²) in [5.41, 5.74) is -1.19. The lowest BCUT2D eigenvalue weighted by Crippen LogP contribution is -2.36. The van der Waals surface area contributed by atoms with Crippen LogP contribution in [-0.4, -0.2) is 65.6 Å². The molecule has 1 aromatic heterocycles. The van der Waals surface area contributed by atoms with Crippen LogP contribution >= 0.6 is 15.9 Å². The summed E-state index contributed by atoms with van der Waals surface area (Å²) >= 11 is 3.05. The number of aliphatic hydroxyl groups excluding tert-OH is 1. The van der Waals surface area contributed by atoms with Crippen LogP contribution < -0.4 is 21.9 Å². The van der Waals surface area contributed by atoms with Crippen molar-refractivity contribution in [1.29, 1.82) is 0 Å². The minimum atomic E-state index is -0.757. The third-order valence-electron chi connectivity index (χ3n) is 3.88. The fourth-order valence-corrected chi connectivity index (χ4v) is 2.91. The quantitative estimate of drug-likeness (QED) is 0.278. The van der Waals surface area contributed by atoms with E-state index in [-0.39, 0.29) is 24.0 Å². The largest absolute Gasteiger partial charge is 0.458 e. The molecule has 26 heavy (non-hydrogen) atoms. The number of carbonyl (C=O) groups is 1. The number of aliphatic hydroxyl groups is 1. The smallest absolute Gasteiger partial charge is 0.330 e. The van der Waals surface area contributed by atoms with Gasteiger partial charge in [0.2, 0.25) is 0 Å². The van der Waals surface area contributed by atoms with E-state index < -0.39 is 35.7 Å². The average molecular weight is 435 g/mol. The second kappa shape index (κ2) is 9.97. The van der Waals surface area contributed by atoms with Crippen molar-refractivity contribution in [2.75, 3.05) is 32.8 Å². The van der Waals surface area contributed by atoms with Gasteiger partial charge < -0.3 is 25.2 Å². The number of nitrogens with one attached hydrogen (secondary N) is 3. The summed E-state index contributed by atoms with van der Waals surface area (Å²) in [4.78, 5) is 37.5. The topological polar surface area (TPSA) is 135 Å². The highest BCUT2D eigenvalue weighted by molar-refractivity contribution is 9.10. The normalized spacial score (nSPS) is 22.5. The van der Waals surface area contributed by atoms with Crippen LogP contribution in [0.3, 0.4) is 0 Å². The predicted molar refractivity (Wildman–Crippen MR) is 95.9 cm³/mol. The van der Waals surface area contributed by atoms with E-state index in [1.807, 2.05) is 6.92 Å². The molecular formula is C15H23BrN4O6. The molecular weight excluding hydrogens is 412 g/mol. The van der Waals surface area contributed by atoms with Crippen molar-refractivity contribution < 1.29 is 19.4 Å². The molecule has 4 N–H and O–H groups in total. The van der Waals surface area contributed by atoms with Gasteiger partial charge in [0.25, 0.3) is 5.56 Å². The van der Waals surface area contributed by atoms with Gasteiger partial charge in [-0.05, 0) is 22.5 Å². The zero-order valence-corrected chi connectivity index (χ0v) is 16.0. The van der Waals surface area contributed by atoms with E-state index in [1.54, 1.807) is 0 Å².